The minimum Gasteiger partial charge on any atom is -0.346 e. The fourth-order valence-corrected chi connectivity index (χ4v) is 3.86. The highest BCUT2D eigenvalue weighted by atomic mass is 19.1. The molecule has 0 spiro atoms. The van der Waals surface area contributed by atoms with Crippen LogP contribution in [-0.2, 0) is 17.6 Å². The van der Waals surface area contributed by atoms with Crippen LogP contribution in [0, 0.1) is 12.7 Å². The Morgan fingerprint density at radius 1 is 1.06 bits per heavy atom. The van der Waals surface area contributed by atoms with Crippen LogP contribution in [-0.4, -0.2) is 49.5 Å². The lowest BCUT2D eigenvalue weighted by Crippen LogP contribution is -2.29. The lowest BCUT2D eigenvalue weighted by molar-refractivity contribution is -0.129. The van der Waals surface area contributed by atoms with Crippen LogP contribution in [0.5, 0.6) is 0 Å². The molecule has 0 atom stereocenters. The van der Waals surface area contributed by atoms with Gasteiger partial charge < -0.3 is 9.88 Å². The molecule has 0 aliphatic heterocycles. The van der Waals surface area contributed by atoms with E-state index < -0.39 is 0 Å². The zero-order valence-electron chi connectivity index (χ0n) is 19.7. The maximum atomic E-state index is 13.1. The second kappa shape index (κ2) is 10.9. The van der Waals surface area contributed by atoms with Crippen molar-refractivity contribution < 1.29 is 9.18 Å². The van der Waals surface area contributed by atoms with Gasteiger partial charge in [-0.2, -0.15) is 5.10 Å². The van der Waals surface area contributed by atoms with Gasteiger partial charge in [0.15, 0.2) is 0 Å². The van der Waals surface area contributed by atoms with Crippen LogP contribution in [0.1, 0.15) is 29.8 Å². The van der Waals surface area contributed by atoms with Crippen molar-refractivity contribution in [1.29, 1.82) is 0 Å². The Morgan fingerprint density at radius 2 is 1.80 bits per heavy atom. The molecule has 9 heteroatoms. The third-order valence-electron chi connectivity index (χ3n) is 5.90. The molecule has 35 heavy (non-hydrogen) atoms. The van der Waals surface area contributed by atoms with Crippen molar-refractivity contribution in [2.24, 2.45) is 0 Å². The number of rotatable bonds is 9. The summed E-state index contributed by atoms with van der Waals surface area (Å²) < 4.78 is 13.1. The average molecular weight is 475 g/mol. The van der Waals surface area contributed by atoms with E-state index in [1.807, 2.05) is 6.07 Å². The lowest BCUT2D eigenvalue weighted by Gasteiger charge is -2.17. The molecule has 2 N–H and O–H groups in total. The molecule has 0 radical (unpaired) electrons. The molecule has 0 aliphatic carbocycles. The molecule has 3 aromatic heterocycles. The fraction of sp³-hybridized carbons (Fsp3) is 0.269. The number of amides is 1. The van der Waals surface area contributed by atoms with Crippen LogP contribution >= 0.6 is 0 Å². The SMILES string of the molecule is Cc1nc(-c2ccncc2)[nH]c(=O)c1CCC(=O)N(C)CCCc1cc(-c2ccc(F)cc2)n[nH]1. The first-order chi connectivity index (χ1) is 16.9. The molecule has 4 rings (SSSR count). The quantitative estimate of drug-likeness (QED) is 0.385. The number of aryl methyl sites for hydroxylation is 2. The van der Waals surface area contributed by atoms with Crippen molar-refractivity contribution in [1.82, 2.24) is 30.0 Å². The molecular formula is C26H27FN6O2. The average Bonchev–Trinajstić information content (AvgIpc) is 3.33. The van der Waals surface area contributed by atoms with E-state index in [-0.39, 0.29) is 23.7 Å². The molecule has 0 bridgehead atoms. The van der Waals surface area contributed by atoms with Gasteiger partial charge in [0.05, 0.1) is 5.69 Å². The van der Waals surface area contributed by atoms with Crippen LogP contribution in [0.25, 0.3) is 22.6 Å². The van der Waals surface area contributed by atoms with Crippen molar-refractivity contribution in [2.75, 3.05) is 13.6 Å². The second-order valence-electron chi connectivity index (χ2n) is 8.42. The molecule has 1 aromatic carbocycles. The van der Waals surface area contributed by atoms with Crippen molar-refractivity contribution >= 4 is 5.91 Å². The first-order valence-electron chi connectivity index (χ1n) is 11.4. The highest BCUT2D eigenvalue weighted by molar-refractivity contribution is 5.76. The van der Waals surface area contributed by atoms with E-state index in [4.69, 9.17) is 0 Å². The van der Waals surface area contributed by atoms with Crippen molar-refractivity contribution in [3.05, 3.63) is 88.0 Å². The molecule has 1 amide bonds. The lowest BCUT2D eigenvalue weighted by atomic mass is 10.1. The monoisotopic (exact) mass is 474 g/mol. The predicted molar refractivity (Wildman–Crippen MR) is 131 cm³/mol. The summed E-state index contributed by atoms with van der Waals surface area (Å²) in [4.78, 5) is 38.2. The Balaban J connectivity index is 1.27. The number of aromatic nitrogens is 5. The van der Waals surface area contributed by atoms with Gasteiger partial charge in [-0.1, -0.05) is 0 Å². The number of carbonyl (C=O) groups is 1. The Morgan fingerprint density at radius 3 is 2.51 bits per heavy atom. The van der Waals surface area contributed by atoms with Gasteiger partial charge in [-0.3, -0.25) is 19.7 Å². The van der Waals surface area contributed by atoms with E-state index in [0.717, 1.165) is 35.4 Å². The van der Waals surface area contributed by atoms with E-state index in [1.54, 1.807) is 55.5 Å². The number of hydrogen-bond donors (Lipinski definition) is 2. The molecule has 0 saturated heterocycles. The second-order valence-corrected chi connectivity index (χ2v) is 8.42. The summed E-state index contributed by atoms with van der Waals surface area (Å²) in [6, 6.07) is 11.7. The van der Waals surface area contributed by atoms with Crippen LogP contribution in [0.3, 0.4) is 0 Å². The summed E-state index contributed by atoms with van der Waals surface area (Å²) in [5.41, 5.74) is 4.25. The smallest absolute Gasteiger partial charge is 0.254 e. The number of pyridine rings is 1. The van der Waals surface area contributed by atoms with Gasteiger partial charge >= 0.3 is 0 Å². The summed E-state index contributed by atoms with van der Waals surface area (Å²) in [5, 5.41) is 7.29. The summed E-state index contributed by atoms with van der Waals surface area (Å²) in [6.45, 7) is 2.37. The summed E-state index contributed by atoms with van der Waals surface area (Å²) >= 11 is 0. The molecule has 0 unspecified atom stereocenters. The van der Waals surface area contributed by atoms with Gasteiger partial charge in [-0.25, -0.2) is 9.37 Å². The standard InChI is InChI=1S/C26H27FN6O2/c1-17-22(26(35)30-25(29-17)19-11-13-28-14-12-19)9-10-24(34)33(2)15-3-4-21-16-23(32-31-21)18-5-7-20(27)8-6-18/h5-8,11-14,16H,3-4,9-10,15H2,1-2H3,(H,31,32)(H,29,30,35). The minimum atomic E-state index is -0.282. The number of nitrogens with zero attached hydrogens (tertiary/aromatic N) is 4. The topological polar surface area (TPSA) is 108 Å². The van der Waals surface area contributed by atoms with Crippen molar-refractivity contribution in [2.45, 2.75) is 32.6 Å². The van der Waals surface area contributed by atoms with Gasteiger partial charge in [-0.15, -0.1) is 0 Å². The summed E-state index contributed by atoms with van der Waals surface area (Å²) in [6.07, 6.45) is 5.33. The van der Waals surface area contributed by atoms with Crippen LogP contribution in [0.15, 0.2) is 59.7 Å². The number of benzene rings is 1. The van der Waals surface area contributed by atoms with Crippen LogP contribution in [0.4, 0.5) is 4.39 Å². The maximum absolute atomic E-state index is 13.1. The number of H-pyrrole nitrogens is 2. The summed E-state index contributed by atoms with van der Waals surface area (Å²) in [5.74, 6) is 0.178. The highest BCUT2D eigenvalue weighted by Gasteiger charge is 2.14. The van der Waals surface area contributed by atoms with E-state index >= 15 is 0 Å². The predicted octanol–water partition coefficient (Wildman–Crippen LogP) is 3.69. The molecular weight excluding hydrogens is 447 g/mol. The van der Waals surface area contributed by atoms with Gasteiger partial charge in [-0.05, 0) is 68.7 Å². The number of hydrogen-bond acceptors (Lipinski definition) is 5. The third kappa shape index (κ3) is 6.06. The third-order valence-corrected chi connectivity index (χ3v) is 5.90. The number of halogens is 1. The first kappa shape index (κ1) is 24.0. The Hall–Kier alpha value is -4.14. The molecule has 3 heterocycles. The van der Waals surface area contributed by atoms with Gasteiger partial charge in [0.1, 0.15) is 11.6 Å². The van der Waals surface area contributed by atoms with Crippen molar-refractivity contribution in [3.8, 4) is 22.6 Å². The van der Waals surface area contributed by atoms with E-state index in [2.05, 4.69) is 25.1 Å². The van der Waals surface area contributed by atoms with Crippen LogP contribution in [0.2, 0.25) is 0 Å². The maximum Gasteiger partial charge on any atom is 0.254 e. The fourth-order valence-electron chi connectivity index (χ4n) is 3.86. The van der Waals surface area contributed by atoms with Crippen molar-refractivity contribution in [3.63, 3.8) is 0 Å². The Kier molecular flexibility index (Phi) is 7.45. The first-order valence-corrected chi connectivity index (χ1v) is 11.4. The van der Waals surface area contributed by atoms with Gasteiger partial charge in [0.25, 0.3) is 5.56 Å². The van der Waals surface area contributed by atoms with E-state index in [9.17, 15) is 14.0 Å². The van der Waals surface area contributed by atoms with Gasteiger partial charge in [0.2, 0.25) is 5.91 Å². The molecule has 0 aliphatic rings. The molecule has 0 saturated carbocycles. The number of carbonyl (C=O) groups excluding carboxylic acids is 1. The molecule has 4 aromatic rings. The Bertz CT molecular complexity index is 1350. The Labute approximate surface area is 202 Å². The highest BCUT2D eigenvalue weighted by Crippen LogP contribution is 2.19. The summed E-state index contributed by atoms with van der Waals surface area (Å²) in [7, 11) is 1.76. The normalized spacial score (nSPS) is 10.9. The van der Waals surface area contributed by atoms with Crippen LogP contribution < -0.4 is 5.56 Å². The van der Waals surface area contributed by atoms with E-state index in [1.165, 1.54) is 12.1 Å². The molecule has 8 nitrogen and oxygen atoms in total. The van der Waals surface area contributed by atoms with Gasteiger partial charge in [0, 0.05) is 60.5 Å². The number of aromatic amines is 2. The molecule has 180 valence electrons. The largest absolute Gasteiger partial charge is 0.346 e. The molecule has 0 fully saturated rings. The zero-order valence-corrected chi connectivity index (χ0v) is 19.7. The zero-order chi connectivity index (χ0) is 24.8. The number of nitrogens with one attached hydrogen (secondary N) is 2. The van der Waals surface area contributed by atoms with E-state index in [0.29, 0.717) is 30.0 Å². The minimum absolute atomic E-state index is 0.0291.